The summed E-state index contributed by atoms with van der Waals surface area (Å²) in [6, 6.07) is -0.728. The zero-order valence-corrected chi connectivity index (χ0v) is 11.5. The van der Waals surface area contributed by atoms with E-state index in [1.54, 1.807) is 20.8 Å². The Kier molecular flexibility index (Phi) is 4.85. The minimum Gasteiger partial charge on any atom is -0.444 e. The van der Waals surface area contributed by atoms with Gasteiger partial charge in [0, 0.05) is 11.5 Å². The summed E-state index contributed by atoms with van der Waals surface area (Å²) in [4.78, 5) is 34.9. The lowest BCUT2D eigenvalue weighted by molar-refractivity contribution is -0.467. The molecule has 0 N–H and O–H groups in total. The third-order valence-electron chi connectivity index (χ3n) is 2.79. The van der Waals surface area contributed by atoms with Crippen LogP contribution in [0.25, 0.3) is 0 Å². The van der Waals surface area contributed by atoms with Gasteiger partial charge in [-0.3, -0.25) is 19.8 Å². The summed E-state index contributed by atoms with van der Waals surface area (Å²) in [7, 11) is 0. The monoisotopic (exact) mass is 272 g/mol. The van der Waals surface area contributed by atoms with Crippen molar-refractivity contribution in [1.29, 1.82) is 0 Å². The number of Topliss-reactive ketones (excluding diaryl/α,β-unsaturated/α-hetero) is 1. The molecule has 0 aliphatic carbocycles. The Morgan fingerprint density at radius 1 is 1.37 bits per heavy atom. The summed E-state index contributed by atoms with van der Waals surface area (Å²) < 4.78 is 5.23. The van der Waals surface area contributed by atoms with Crippen LogP contribution >= 0.6 is 0 Å². The zero-order valence-electron chi connectivity index (χ0n) is 11.5. The predicted octanol–water partition coefficient (Wildman–Crippen LogP) is 1.62. The summed E-state index contributed by atoms with van der Waals surface area (Å²) in [6.45, 7) is 4.88. The zero-order chi connectivity index (χ0) is 14.6. The Bertz CT molecular complexity index is 375. The molecule has 0 aromatic carbocycles. The first-order valence-electron chi connectivity index (χ1n) is 6.35. The summed E-state index contributed by atoms with van der Waals surface area (Å²) in [5, 5.41) is 10.4. The maximum absolute atomic E-state index is 12.0. The van der Waals surface area contributed by atoms with Gasteiger partial charge in [0.15, 0.2) is 0 Å². The minimum absolute atomic E-state index is 0.406. The number of amides is 1. The van der Waals surface area contributed by atoms with Crippen LogP contribution in [0.2, 0.25) is 0 Å². The molecular formula is C12H20N2O5. The van der Waals surface area contributed by atoms with Crippen LogP contribution in [0.1, 0.15) is 40.0 Å². The summed E-state index contributed by atoms with van der Waals surface area (Å²) in [5.74, 6) is -0.532. The standard InChI is InChI=1S/C12H20N2O5/c1-12(2,3)19-11(16)13-7-5-4-6-9(13)10(15)8-14(17)18/h9H,4-8H2,1-3H3/t9-/m1/s1. The number of hydrogen-bond acceptors (Lipinski definition) is 5. The number of carbonyl (C=O) groups excluding carboxylic acids is 2. The van der Waals surface area contributed by atoms with Gasteiger partial charge in [-0.2, -0.15) is 0 Å². The first-order chi connectivity index (χ1) is 8.70. The van der Waals surface area contributed by atoms with Crippen molar-refractivity contribution in [3.05, 3.63) is 10.1 Å². The van der Waals surface area contributed by atoms with Crippen molar-refractivity contribution in [2.45, 2.75) is 51.7 Å². The maximum Gasteiger partial charge on any atom is 0.410 e. The van der Waals surface area contributed by atoms with Crippen molar-refractivity contribution in [3.8, 4) is 0 Å². The van der Waals surface area contributed by atoms with Gasteiger partial charge in [0.2, 0.25) is 5.78 Å². The van der Waals surface area contributed by atoms with Crippen molar-refractivity contribution in [3.63, 3.8) is 0 Å². The molecule has 0 aromatic rings. The minimum atomic E-state index is -0.746. The van der Waals surface area contributed by atoms with E-state index in [1.165, 1.54) is 4.90 Å². The van der Waals surface area contributed by atoms with Crippen molar-refractivity contribution in [2.75, 3.05) is 13.1 Å². The van der Waals surface area contributed by atoms with E-state index in [9.17, 15) is 19.7 Å². The van der Waals surface area contributed by atoms with E-state index < -0.39 is 35.0 Å². The SMILES string of the molecule is CC(C)(C)OC(=O)N1CCCC[C@@H]1C(=O)C[N+](=O)[O-]. The molecule has 1 atom stereocenters. The lowest BCUT2D eigenvalue weighted by Crippen LogP contribution is -2.51. The van der Waals surface area contributed by atoms with Gasteiger partial charge in [0.05, 0.1) is 0 Å². The molecule has 108 valence electrons. The number of piperidine rings is 1. The van der Waals surface area contributed by atoms with E-state index in [0.717, 1.165) is 12.8 Å². The largest absolute Gasteiger partial charge is 0.444 e. The lowest BCUT2D eigenvalue weighted by atomic mass is 9.99. The van der Waals surface area contributed by atoms with E-state index >= 15 is 0 Å². The molecule has 0 unspecified atom stereocenters. The number of likely N-dealkylation sites (tertiary alicyclic amines) is 1. The predicted molar refractivity (Wildman–Crippen MR) is 67.4 cm³/mol. The molecule has 0 spiro atoms. The molecule has 7 nitrogen and oxygen atoms in total. The van der Waals surface area contributed by atoms with Crippen LogP contribution in [0.15, 0.2) is 0 Å². The molecule has 0 aromatic heterocycles. The number of carbonyl (C=O) groups is 2. The molecule has 1 aliphatic rings. The van der Waals surface area contributed by atoms with Gasteiger partial charge in [-0.25, -0.2) is 4.79 Å². The van der Waals surface area contributed by atoms with Crippen LogP contribution in [0.3, 0.4) is 0 Å². The third kappa shape index (κ3) is 4.84. The fourth-order valence-corrected chi connectivity index (χ4v) is 2.04. The Morgan fingerprint density at radius 3 is 2.53 bits per heavy atom. The highest BCUT2D eigenvalue weighted by Crippen LogP contribution is 2.21. The van der Waals surface area contributed by atoms with Gasteiger partial charge in [0.25, 0.3) is 6.54 Å². The Hall–Kier alpha value is -1.66. The van der Waals surface area contributed by atoms with E-state index in [1.807, 2.05) is 0 Å². The number of ketones is 1. The van der Waals surface area contributed by atoms with Crippen LogP contribution < -0.4 is 0 Å². The quantitative estimate of drug-likeness (QED) is 0.575. The summed E-state index contributed by atoms with van der Waals surface area (Å²) in [5.41, 5.74) is -0.648. The molecule has 1 fully saturated rings. The summed E-state index contributed by atoms with van der Waals surface area (Å²) >= 11 is 0. The molecule has 1 heterocycles. The molecule has 0 bridgehead atoms. The Labute approximate surface area is 112 Å². The number of ether oxygens (including phenoxy) is 1. The molecule has 1 amide bonds. The van der Waals surface area contributed by atoms with Gasteiger partial charge in [0.1, 0.15) is 11.6 Å². The van der Waals surface area contributed by atoms with E-state index in [2.05, 4.69) is 0 Å². The van der Waals surface area contributed by atoms with Gasteiger partial charge >= 0.3 is 6.09 Å². The second-order valence-electron chi connectivity index (χ2n) is 5.64. The van der Waals surface area contributed by atoms with Crippen LogP contribution in [0, 0.1) is 10.1 Å². The smallest absolute Gasteiger partial charge is 0.410 e. The first kappa shape index (κ1) is 15.4. The third-order valence-corrected chi connectivity index (χ3v) is 2.79. The lowest BCUT2D eigenvalue weighted by Gasteiger charge is -2.35. The normalized spacial score (nSPS) is 19.9. The average molecular weight is 272 g/mol. The second-order valence-corrected chi connectivity index (χ2v) is 5.64. The van der Waals surface area contributed by atoms with Crippen LogP contribution in [-0.4, -0.2) is 46.4 Å². The second kappa shape index (κ2) is 5.99. The molecule has 7 heteroatoms. The van der Waals surface area contributed by atoms with E-state index in [4.69, 9.17) is 4.74 Å². The molecule has 1 saturated heterocycles. The van der Waals surface area contributed by atoms with Crippen LogP contribution in [0.5, 0.6) is 0 Å². The van der Waals surface area contributed by atoms with Crippen molar-refractivity contribution < 1.29 is 19.2 Å². The van der Waals surface area contributed by atoms with Gasteiger partial charge < -0.3 is 4.74 Å². The van der Waals surface area contributed by atoms with Crippen molar-refractivity contribution in [2.24, 2.45) is 0 Å². The number of nitro groups is 1. The van der Waals surface area contributed by atoms with Crippen LogP contribution in [0.4, 0.5) is 4.79 Å². The van der Waals surface area contributed by atoms with Gasteiger partial charge in [-0.1, -0.05) is 0 Å². The molecule has 1 aliphatic heterocycles. The summed E-state index contributed by atoms with van der Waals surface area (Å²) in [6.07, 6.45) is 1.45. The highest BCUT2D eigenvalue weighted by molar-refractivity contribution is 5.88. The maximum atomic E-state index is 12.0. The Balaban J connectivity index is 2.74. The molecule has 0 radical (unpaired) electrons. The van der Waals surface area contributed by atoms with Gasteiger partial charge in [-0.15, -0.1) is 0 Å². The number of nitrogens with zero attached hydrogens (tertiary/aromatic N) is 2. The highest BCUT2D eigenvalue weighted by atomic mass is 16.6. The topological polar surface area (TPSA) is 89.8 Å². The fraction of sp³-hybridized carbons (Fsp3) is 0.833. The van der Waals surface area contributed by atoms with Crippen molar-refractivity contribution in [1.82, 2.24) is 4.90 Å². The van der Waals surface area contributed by atoms with Crippen LogP contribution in [-0.2, 0) is 9.53 Å². The molecule has 19 heavy (non-hydrogen) atoms. The van der Waals surface area contributed by atoms with Crippen molar-refractivity contribution >= 4 is 11.9 Å². The Morgan fingerprint density at radius 2 is 2.00 bits per heavy atom. The molecular weight excluding hydrogens is 252 g/mol. The van der Waals surface area contributed by atoms with Gasteiger partial charge in [-0.05, 0) is 40.0 Å². The fourth-order valence-electron chi connectivity index (χ4n) is 2.04. The highest BCUT2D eigenvalue weighted by Gasteiger charge is 2.36. The van der Waals surface area contributed by atoms with E-state index in [0.29, 0.717) is 13.0 Å². The van der Waals surface area contributed by atoms with E-state index in [-0.39, 0.29) is 0 Å². The first-order valence-corrected chi connectivity index (χ1v) is 6.35. The average Bonchev–Trinajstić information content (AvgIpc) is 2.25. The number of rotatable bonds is 3. The molecule has 0 saturated carbocycles. The molecule has 1 rings (SSSR count). The number of hydrogen-bond donors (Lipinski definition) is 0.